The van der Waals surface area contributed by atoms with Gasteiger partial charge in [-0.25, -0.2) is 4.79 Å². The van der Waals surface area contributed by atoms with E-state index in [1.165, 1.54) is 11.0 Å². The van der Waals surface area contributed by atoms with Gasteiger partial charge in [0, 0.05) is 0 Å². The Morgan fingerprint density at radius 1 is 1.26 bits per heavy atom. The van der Waals surface area contributed by atoms with Crippen molar-refractivity contribution in [3.05, 3.63) is 23.8 Å². The molecule has 8 heteroatoms. The third-order valence-corrected chi connectivity index (χ3v) is 3.13. The van der Waals surface area contributed by atoms with Gasteiger partial charge in [-0.15, -0.1) is 0 Å². The van der Waals surface area contributed by atoms with Crippen molar-refractivity contribution in [1.82, 2.24) is 4.90 Å². The molecule has 0 spiro atoms. The van der Waals surface area contributed by atoms with Crippen molar-refractivity contribution in [2.45, 2.75) is 38.7 Å². The average Bonchev–Trinajstić information content (AvgIpc) is 2.30. The molecule has 2 rings (SSSR count). The smallest absolute Gasteiger partial charge is 0.416 e. The Labute approximate surface area is 132 Å². The van der Waals surface area contributed by atoms with Crippen molar-refractivity contribution in [3.63, 3.8) is 0 Å². The Kier molecular flexibility index (Phi) is 4.37. The van der Waals surface area contributed by atoms with Gasteiger partial charge in [0.1, 0.15) is 17.5 Å². The Balaban J connectivity index is 1.90. The summed E-state index contributed by atoms with van der Waals surface area (Å²) in [5.74, 6) is 0.173. The topological polar surface area (TPSA) is 64.8 Å². The fourth-order valence-corrected chi connectivity index (χ4v) is 2.00. The van der Waals surface area contributed by atoms with Gasteiger partial charge in [-0.05, 0) is 39.0 Å². The van der Waals surface area contributed by atoms with Gasteiger partial charge < -0.3 is 20.1 Å². The lowest BCUT2D eigenvalue weighted by Crippen LogP contribution is -2.57. The Bertz CT molecular complexity index is 591. The zero-order chi connectivity index (χ0) is 17.4. The van der Waals surface area contributed by atoms with Crippen LogP contribution in [0.3, 0.4) is 0 Å². The number of nitrogens with zero attached hydrogens (tertiary/aromatic N) is 1. The monoisotopic (exact) mass is 332 g/mol. The maximum Gasteiger partial charge on any atom is 0.416 e. The molecular formula is C15H19F3N2O3. The highest BCUT2D eigenvalue weighted by molar-refractivity contribution is 5.69. The van der Waals surface area contributed by atoms with Gasteiger partial charge in [0.05, 0.1) is 24.3 Å². The van der Waals surface area contributed by atoms with Crippen LogP contribution in [0.4, 0.5) is 23.7 Å². The standard InChI is InChI=1S/C15H19F3N2O3/c1-14(2,3)23-13(21)20-7-10(8-20)22-12-5-4-9(6-11(12)19)15(16,17)18/h4-6,10H,7-8,19H2,1-3H3. The second kappa shape index (κ2) is 5.82. The average molecular weight is 332 g/mol. The van der Waals surface area contributed by atoms with Gasteiger partial charge in [0.25, 0.3) is 0 Å². The van der Waals surface area contributed by atoms with Crippen LogP contribution in [0.25, 0.3) is 0 Å². The van der Waals surface area contributed by atoms with Gasteiger partial charge in [0.15, 0.2) is 0 Å². The van der Waals surface area contributed by atoms with Crippen LogP contribution in [0, 0.1) is 0 Å². The molecule has 1 heterocycles. The quantitative estimate of drug-likeness (QED) is 0.844. The van der Waals surface area contributed by atoms with E-state index in [1.54, 1.807) is 20.8 Å². The molecule has 0 saturated carbocycles. The van der Waals surface area contributed by atoms with Crippen LogP contribution in [0.1, 0.15) is 26.3 Å². The molecule has 1 aliphatic rings. The predicted molar refractivity (Wildman–Crippen MR) is 78.1 cm³/mol. The molecule has 1 saturated heterocycles. The van der Waals surface area contributed by atoms with Crippen LogP contribution < -0.4 is 10.5 Å². The number of likely N-dealkylation sites (tertiary alicyclic amines) is 1. The number of nitrogens with two attached hydrogens (primary N) is 1. The van der Waals surface area contributed by atoms with Crippen molar-refractivity contribution in [2.24, 2.45) is 0 Å². The fourth-order valence-electron chi connectivity index (χ4n) is 2.00. The number of benzene rings is 1. The van der Waals surface area contributed by atoms with Crippen molar-refractivity contribution >= 4 is 11.8 Å². The first-order valence-electron chi connectivity index (χ1n) is 7.07. The number of hydrogen-bond donors (Lipinski definition) is 1. The fraction of sp³-hybridized carbons (Fsp3) is 0.533. The van der Waals surface area contributed by atoms with E-state index in [0.717, 1.165) is 12.1 Å². The number of carbonyl (C=O) groups is 1. The van der Waals surface area contributed by atoms with Crippen LogP contribution in [0.15, 0.2) is 18.2 Å². The van der Waals surface area contributed by atoms with E-state index in [4.69, 9.17) is 15.2 Å². The maximum atomic E-state index is 12.6. The molecule has 128 valence electrons. The second-order valence-corrected chi connectivity index (χ2v) is 6.38. The van der Waals surface area contributed by atoms with E-state index >= 15 is 0 Å². The highest BCUT2D eigenvalue weighted by Gasteiger charge is 2.36. The van der Waals surface area contributed by atoms with Crippen molar-refractivity contribution in [3.8, 4) is 5.75 Å². The zero-order valence-electron chi connectivity index (χ0n) is 13.1. The van der Waals surface area contributed by atoms with Crippen LogP contribution >= 0.6 is 0 Å². The second-order valence-electron chi connectivity index (χ2n) is 6.38. The van der Waals surface area contributed by atoms with Crippen LogP contribution in [0.2, 0.25) is 0 Å². The minimum atomic E-state index is -4.45. The van der Waals surface area contributed by atoms with E-state index in [2.05, 4.69) is 0 Å². The molecule has 0 aromatic heterocycles. The van der Waals surface area contributed by atoms with Gasteiger partial charge in [-0.1, -0.05) is 0 Å². The number of carbonyl (C=O) groups excluding carboxylic acids is 1. The predicted octanol–water partition coefficient (Wildman–Crippen LogP) is 3.29. The van der Waals surface area contributed by atoms with Crippen molar-refractivity contribution in [1.29, 1.82) is 0 Å². The molecule has 1 amide bonds. The summed E-state index contributed by atoms with van der Waals surface area (Å²) in [6.45, 7) is 5.90. The van der Waals surface area contributed by atoms with E-state index in [-0.39, 0.29) is 17.5 Å². The molecule has 1 aliphatic heterocycles. The van der Waals surface area contributed by atoms with Crippen molar-refractivity contribution in [2.75, 3.05) is 18.8 Å². The molecule has 1 fully saturated rings. The molecular weight excluding hydrogens is 313 g/mol. The number of alkyl halides is 3. The summed E-state index contributed by atoms with van der Waals surface area (Å²) in [6.07, 6.45) is -5.21. The number of rotatable bonds is 2. The largest absolute Gasteiger partial charge is 0.485 e. The Morgan fingerprint density at radius 2 is 1.87 bits per heavy atom. The molecule has 0 aliphatic carbocycles. The van der Waals surface area contributed by atoms with Gasteiger partial charge >= 0.3 is 12.3 Å². The van der Waals surface area contributed by atoms with Crippen LogP contribution in [-0.4, -0.2) is 35.8 Å². The summed E-state index contributed by atoms with van der Waals surface area (Å²) < 4.78 is 48.4. The third kappa shape index (κ3) is 4.43. The lowest BCUT2D eigenvalue weighted by atomic mass is 10.1. The summed E-state index contributed by atoms with van der Waals surface area (Å²) in [4.78, 5) is 13.2. The van der Waals surface area contributed by atoms with Gasteiger partial charge in [-0.3, -0.25) is 0 Å². The molecule has 5 nitrogen and oxygen atoms in total. The number of hydrogen-bond acceptors (Lipinski definition) is 4. The summed E-state index contributed by atoms with van der Waals surface area (Å²) in [5, 5.41) is 0. The van der Waals surface area contributed by atoms with Crippen LogP contribution in [-0.2, 0) is 10.9 Å². The number of amides is 1. The minimum Gasteiger partial charge on any atom is -0.485 e. The molecule has 0 unspecified atom stereocenters. The zero-order valence-corrected chi connectivity index (χ0v) is 13.1. The highest BCUT2D eigenvalue weighted by Crippen LogP contribution is 2.34. The number of ether oxygens (including phenoxy) is 2. The van der Waals surface area contributed by atoms with Crippen molar-refractivity contribution < 1.29 is 27.4 Å². The van der Waals surface area contributed by atoms with E-state index in [1.807, 2.05) is 0 Å². The third-order valence-electron chi connectivity index (χ3n) is 3.13. The van der Waals surface area contributed by atoms with E-state index in [9.17, 15) is 18.0 Å². The summed E-state index contributed by atoms with van der Waals surface area (Å²) in [5.41, 5.74) is 4.10. The van der Waals surface area contributed by atoms with Gasteiger partial charge in [-0.2, -0.15) is 13.2 Å². The van der Waals surface area contributed by atoms with E-state index in [0.29, 0.717) is 13.1 Å². The summed E-state index contributed by atoms with van der Waals surface area (Å²) >= 11 is 0. The molecule has 0 atom stereocenters. The highest BCUT2D eigenvalue weighted by atomic mass is 19.4. The Hall–Kier alpha value is -2.12. The molecule has 23 heavy (non-hydrogen) atoms. The number of halogens is 3. The molecule has 2 N–H and O–H groups in total. The lowest BCUT2D eigenvalue weighted by Gasteiger charge is -2.39. The molecule has 1 aromatic rings. The number of anilines is 1. The normalized spacial score (nSPS) is 16.0. The van der Waals surface area contributed by atoms with E-state index < -0.39 is 23.4 Å². The molecule has 0 bridgehead atoms. The SMILES string of the molecule is CC(C)(C)OC(=O)N1CC(Oc2ccc(C(F)(F)F)cc2N)C1. The first-order chi connectivity index (χ1) is 10.5. The summed E-state index contributed by atoms with van der Waals surface area (Å²) in [7, 11) is 0. The van der Waals surface area contributed by atoms with Gasteiger partial charge in [0.2, 0.25) is 0 Å². The lowest BCUT2D eigenvalue weighted by molar-refractivity contribution is -0.137. The maximum absolute atomic E-state index is 12.6. The first kappa shape index (κ1) is 17.2. The first-order valence-corrected chi connectivity index (χ1v) is 7.07. The van der Waals surface area contributed by atoms with Crippen LogP contribution in [0.5, 0.6) is 5.75 Å². The Morgan fingerprint density at radius 3 is 2.35 bits per heavy atom. The molecule has 0 radical (unpaired) electrons. The minimum absolute atomic E-state index is 0.0875. The molecule has 1 aromatic carbocycles. The number of nitrogen functional groups attached to an aromatic ring is 1. The summed E-state index contributed by atoms with van der Waals surface area (Å²) in [6, 6.07) is 2.93.